The summed E-state index contributed by atoms with van der Waals surface area (Å²) < 4.78 is 2.50. The average molecular weight is 199 g/mol. The van der Waals surface area contributed by atoms with E-state index in [1.165, 1.54) is 18.5 Å². The highest BCUT2D eigenvalue weighted by Gasteiger charge is 2.37. The van der Waals surface area contributed by atoms with Crippen molar-refractivity contribution in [1.82, 2.24) is 4.57 Å². The Hall–Kier alpha value is -0.0831. The first-order valence-electron chi connectivity index (χ1n) is 5.35. The number of rotatable bonds is 6. The minimum atomic E-state index is -1.23. The van der Waals surface area contributed by atoms with Crippen molar-refractivity contribution in [3.8, 4) is 0 Å². The van der Waals surface area contributed by atoms with Gasteiger partial charge in [-0.25, -0.2) is 0 Å². The topological polar surface area (TPSA) is 3.24 Å². The van der Waals surface area contributed by atoms with E-state index in [1.807, 2.05) is 0 Å². The molecule has 0 amide bonds. The van der Waals surface area contributed by atoms with Crippen molar-refractivity contribution in [1.29, 1.82) is 0 Å². The van der Waals surface area contributed by atoms with E-state index in [4.69, 9.17) is 0 Å². The molecule has 0 aliphatic rings. The smallest absolute Gasteiger partial charge is 0.134 e. The van der Waals surface area contributed by atoms with Crippen LogP contribution in [0.1, 0.15) is 27.2 Å². The molecule has 78 valence electrons. The Morgan fingerprint density at radius 2 is 1.92 bits per heavy atom. The Bertz CT molecular complexity index is 156. The van der Waals surface area contributed by atoms with Crippen molar-refractivity contribution in [2.45, 2.75) is 44.8 Å². The van der Waals surface area contributed by atoms with Gasteiger partial charge in [0, 0.05) is 0 Å². The Balaban J connectivity index is 4.73. The van der Waals surface area contributed by atoms with Gasteiger partial charge < -0.3 is 4.57 Å². The summed E-state index contributed by atoms with van der Waals surface area (Å²) in [7, 11) is 3.25. The minimum absolute atomic E-state index is 0.701. The Morgan fingerprint density at radius 3 is 2.15 bits per heavy atom. The highest BCUT2D eigenvalue weighted by molar-refractivity contribution is 6.78. The van der Waals surface area contributed by atoms with Gasteiger partial charge in [0.1, 0.15) is 8.24 Å². The third kappa shape index (κ3) is 2.68. The molecule has 0 aromatic rings. The molecule has 2 heteroatoms. The van der Waals surface area contributed by atoms with Gasteiger partial charge in [-0.2, -0.15) is 0 Å². The van der Waals surface area contributed by atoms with Gasteiger partial charge in [0.2, 0.25) is 0 Å². The fraction of sp³-hybridized carbons (Fsp3) is 0.818. The van der Waals surface area contributed by atoms with Gasteiger partial charge in [0.05, 0.1) is 0 Å². The second-order valence-corrected chi connectivity index (χ2v) is 9.35. The lowest BCUT2D eigenvalue weighted by Gasteiger charge is -2.40. The second kappa shape index (κ2) is 5.61. The third-order valence-corrected chi connectivity index (χ3v) is 9.69. The van der Waals surface area contributed by atoms with Crippen LogP contribution in [0, 0.1) is 0 Å². The average Bonchev–Trinajstić information content (AvgIpc) is 2.12. The van der Waals surface area contributed by atoms with Crippen LogP contribution in [0.15, 0.2) is 12.7 Å². The van der Waals surface area contributed by atoms with Gasteiger partial charge in [-0.3, -0.25) is 0 Å². The maximum Gasteiger partial charge on any atom is 0.134 e. The van der Waals surface area contributed by atoms with E-state index in [9.17, 15) is 0 Å². The van der Waals surface area contributed by atoms with Gasteiger partial charge in [0.15, 0.2) is 0 Å². The van der Waals surface area contributed by atoms with E-state index in [-0.39, 0.29) is 0 Å². The Labute approximate surface area is 84.9 Å². The number of nitrogens with zero attached hydrogens (tertiary/aromatic N) is 1. The SMILES string of the molecule is C=CC(C)[Si](CC)(CCC)N(C)C. The highest BCUT2D eigenvalue weighted by atomic mass is 28.3. The summed E-state index contributed by atoms with van der Waals surface area (Å²) in [5, 5.41) is 0. The summed E-state index contributed by atoms with van der Waals surface area (Å²) in [5.41, 5.74) is 0.701. The van der Waals surface area contributed by atoms with Crippen LogP contribution in [0.2, 0.25) is 17.6 Å². The van der Waals surface area contributed by atoms with Gasteiger partial charge in [-0.05, 0) is 31.7 Å². The normalized spacial score (nSPS) is 18.3. The minimum Gasteiger partial charge on any atom is -0.328 e. The molecular formula is C11H25NSi. The zero-order valence-electron chi connectivity index (χ0n) is 9.93. The summed E-state index contributed by atoms with van der Waals surface area (Å²) >= 11 is 0. The summed E-state index contributed by atoms with van der Waals surface area (Å²) in [6.07, 6.45) is 3.45. The predicted octanol–water partition coefficient (Wildman–Crippen LogP) is 3.50. The van der Waals surface area contributed by atoms with Crippen molar-refractivity contribution < 1.29 is 0 Å². The number of hydrogen-bond acceptors (Lipinski definition) is 1. The van der Waals surface area contributed by atoms with Crippen LogP contribution in [-0.2, 0) is 0 Å². The monoisotopic (exact) mass is 199 g/mol. The highest BCUT2D eigenvalue weighted by Crippen LogP contribution is 2.32. The first kappa shape index (κ1) is 12.9. The molecule has 0 radical (unpaired) electrons. The maximum atomic E-state index is 3.95. The van der Waals surface area contributed by atoms with Crippen molar-refractivity contribution in [3.63, 3.8) is 0 Å². The van der Waals surface area contributed by atoms with Gasteiger partial charge in [0.25, 0.3) is 0 Å². The van der Waals surface area contributed by atoms with Crippen LogP contribution in [0.5, 0.6) is 0 Å². The van der Waals surface area contributed by atoms with E-state index >= 15 is 0 Å². The van der Waals surface area contributed by atoms with Crippen LogP contribution in [0.25, 0.3) is 0 Å². The Kier molecular flexibility index (Phi) is 5.57. The van der Waals surface area contributed by atoms with E-state index in [0.717, 1.165) is 0 Å². The maximum absolute atomic E-state index is 3.95. The molecule has 0 saturated heterocycles. The summed E-state index contributed by atoms with van der Waals surface area (Å²) in [4.78, 5) is 0. The molecule has 0 fully saturated rings. The first-order valence-corrected chi connectivity index (χ1v) is 7.79. The molecule has 1 nitrogen and oxygen atoms in total. The second-order valence-electron chi connectivity index (χ2n) is 4.13. The summed E-state index contributed by atoms with van der Waals surface area (Å²) in [6.45, 7) is 10.9. The molecule has 0 heterocycles. The van der Waals surface area contributed by atoms with Crippen molar-refractivity contribution in [3.05, 3.63) is 12.7 Å². The number of allylic oxidation sites excluding steroid dienone is 1. The van der Waals surface area contributed by atoms with Crippen LogP contribution < -0.4 is 0 Å². The fourth-order valence-corrected chi connectivity index (χ4v) is 6.98. The van der Waals surface area contributed by atoms with Crippen LogP contribution >= 0.6 is 0 Å². The molecule has 0 bridgehead atoms. The van der Waals surface area contributed by atoms with Crippen LogP contribution in [0.3, 0.4) is 0 Å². The molecular weight excluding hydrogens is 174 g/mol. The van der Waals surface area contributed by atoms with E-state index in [2.05, 4.69) is 52.1 Å². The molecule has 0 aromatic carbocycles. The lowest BCUT2D eigenvalue weighted by atomic mass is 10.5. The number of hydrogen-bond donors (Lipinski definition) is 0. The molecule has 13 heavy (non-hydrogen) atoms. The molecule has 2 unspecified atom stereocenters. The molecule has 0 N–H and O–H groups in total. The lowest BCUT2D eigenvalue weighted by molar-refractivity contribution is 0.585. The molecule has 0 spiro atoms. The third-order valence-electron chi connectivity index (χ3n) is 3.39. The van der Waals surface area contributed by atoms with Gasteiger partial charge in [-0.1, -0.05) is 33.3 Å². The van der Waals surface area contributed by atoms with Crippen LogP contribution in [-0.4, -0.2) is 26.9 Å². The molecule has 0 aromatic heterocycles. The standard InChI is InChI=1S/C11H25NSi/c1-7-10-13(9-3,12(5)6)11(4)8-2/h8,11H,2,7,9-10H2,1,3-6H3. The van der Waals surface area contributed by atoms with E-state index in [0.29, 0.717) is 5.54 Å². The fourth-order valence-electron chi connectivity index (χ4n) is 2.33. The Morgan fingerprint density at radius 1 is 1.38 bits per heavy atom. The zero-order chi connectivity index (χ0) is 10.5. The first-order chi connectivity index (χ1) is 6.05. The predicted molar refractivity (Wildman–Crippen MR) is 64.6 cm³/mol. The van der Waals surface area contributed by atoms with Crippen molar-refractivity contribution >= 4 is 8.24 Å². The van der Waals surface area contributed by atoms with E-state index in [1.54, 1.807) is 0 Å². The van der Waals surface area contributed by atoms with Gasteiger partial charge in [-0.15, -0.1) is 6.58 Å². The largest absolute Gasteiger partial charge is 0.328 e. The van der Waals surface area contributed by atoms with Crippen LogP contribution in [0.4, 0.5) is 0 Å². The quantitative estimate of drug-likeness (QED) is 0.467. The van der Waals surface area contributed by atoms with Gasteiger partial charge >= 0.3 is 0 Å². The summed E-state index contributed by atoms with van der Waals surface area (Å²) in [5.74, 6) is 0. The summed E-state index contributed by atoms with van der Waals surface area (Å²) in [6, 6.07) is 2.73. The molecule has 0 aliphatic heterocycles. The lowest BCUT2D eigenvalue weighted by Crippen LogP contribution is -2.51. The van der Waals surface area contributed by atoms with E-state index < -0.39 is 8.24 Å². The zero-order valence-corrected chi connectivity index (χ0v) is 10.9. The van der Waals surface area contributed by atoms with Crippen molar-refractivity contribution in [2.24, 2.45) is 0 Å². The molecule has 0 rings (SSSR count). The molecule has 2 atom stereocenters. The molecule has 0 aliphatic carbocycles. The molecule has 0 saturated carbocycles. The van der Waals surface area contributed by atoms with Crippen molar-refractivity contribution in [2.75, 3.05) is 14.1 Å².